The Morgan fingerprint density at radius 2 is 2.31 bits per heavy atom. The molecular formula is C12H17NO2S. The molecule has 0 aliphatic heterocycles. The number of nitrogens with zero attached hydrogens (tertiary/aromatic N) is 1. The molecule has 2 rings (SSSR count). The van der Waals surface area contributed by atoms with E-state index in [2.05, 4.69) is 18.8 Å². The van der Waals surface area contributed by atoms with Crippen molar-refractivity contribution in [3.05, 3.63) is 16.1 Å². The molecule has 88 valence electrons. The van der Waals surface area contributed by atoms with E-state index in [0.29, 0.717) is 5.92 Å². The van der Waals surface area contributed by atoms with Gasteiger partial charge in [-0.3, -0.25) is 4.79 Å². The second-order valence-electron chi connectivity index (χ2n) is 4.92. The topological polar surface area (TPSA) is 50.2 Å². The van der Waals surface area contributed by atoms with Crippen molar-refractivity contribution in [2.75, 3.05) is 0 Å². The van der Waals surface area contributed by atoms with Gasteiger partial charge in [0.2, 0.25) is 0 Å². The fraction of sp³-hybridized carbons (Fsp3) is 0.667. The van der Waals surface area contributed by atoms with Gasteiger partial charge in [0.15, 0.2) is 0 Å². The van der Waals surface area contributed by atoms with Crippen LogP contribution in [0.1, 0.15) is 55.3 Å². The fourth-order valence-electron chi connectivity index (χ4n) is 2.20. The highest BCUT2D eigenvalue weighted by atomic mass is 32.1. The third-order valence-corrected chi connectivity index (χ3v) is 4.88. The molecule has 1 aromatic rings. The standard InChI is InChI=1S/C12H17NO2S/c1-8(2)11-13-7-9(16-11)12(4-3-5-12)6-10(14)15/h7-8H,3-6H2,1-2H3,(H,14,15). The predicted molar refractivity (Wildman–Crippen MR) is 64.0 cm³/mol. The van der Waals surface area contributed by atoms with Crippen LogP contribution in [0, 0.1) is 0 Å². The first-order valence-electron chi connectivity index (χ1n) is 5.71. The Labute approximate surface area is 99.5 Å². The molecule has 1 aromatic heterocycles. The zero-order valence-electron chi connectivity index (χ0n) is 9.69. The molecule has 0 bridgehead atoms. The zero-order valence-corrected chi connectivity index (χ0v) is 10.5. The molecule has 4 heteroatoms. The van der Waals surface area contributed by atoms with Crippen LogP contribution >= 0.6 is 11.3 Å². The number of thiazole rings is 1. The average Bonchev–Trinajstić information content (AvgIpc) is 2.59. The molecule has 0 spiro atoms. The normalized spacial score (nSPS) is 18.4. The Morgan fingerprint density at radius 3 is 2.69 bits per heavy atom. The van der Waals surface area contributed by atoms with Crippen LogP contribution in [0.4, 0.5) is 0 Å². The zero-order chi connectivity index (χ0) is 11.8. The van der Waals surface area contributed by atoms with Gasteiger partial charge in [0, 0.05) is 22.4 Å². The highest BCUT2D eigenvalue weighted by Gasteiger charge is 2.42. The number of aliphatic carboxylic acids is 1. The molecule has 1 aliphatic rings. The first-order valence-corrected chi connectivity index (χ1v) is 6.53. The molecule has 1 N–H and O–H groups in total. The van der Waals surface area contributed by atoms with Crippen molar-refractivity contribution in [1.82, 2.24) is 4.98 Å². The number of aromatic nitrogens is 1. The van der Waals surface area contributed by atoms with E-state index in [1.807, 2.05) is 6.20 Å². The van der Waals surface area contributed by atoms with E-state index in [-0.39, 0.29) is 11.8 Å². The minimum absolute atomic E-state index is 0.101. The molecule has 0 atom stereocenters. The smallest absolute Gasteiger partial charge is 0.304 e. The fourth-order valence-corrected chi connectivity index (χ4v) is 3.37. The van der Waals surface area contributed by atoms with E-state index in [9.17, 15) is 4.79 Å². The number of carboxylic acid groups (broad SMARTS) is 1. The van der Waals surface area contributed by atoms with Crippen LogP contribution < -0.4 is 0 Å². The van der Waals surface area contributed by atoms with Gasteiger partial charge >= 0.3 is 5.97 Å². The van der Waals surface area contributed by atoms with Gasteiger partial charge in [-0.05, 0) is 12.8 Å². The molecule has 1 heterocycles. The van der Waals surface area contributed by atoms with Crippen LogP contribution in [0.3, 0.4) is 0 Å². The first kappa shape index (κ1) is 11.6. The molecule has 1 aliphatic carbocycles. The minimum atomic E-state index is -0.695. The summed E-state index contributed by atoms with van der Waals surface area (Å²) < 4.78 is 0. The number of hydrogen-bond acceptors (Lipinski definition) is 3. The van der Waals surface area contributed by atoms with Gasteiger partial charge in [-0.25, -0.2) is 4.98 Å². The first-order chi connectivity index (χ1) is 7.53. The minimum Gasteiger partial charge on any atom is -0.481 e. The van der Waals surface area contributed by atoms with Gasteiger partial charge in [-0.1, -0.05) is 20.3 Å². The Balaban J connectivity index is 2.23. The lowest BCUT2D eigenvalue weighted by atomic mass is 9.66. The molecule has 0 radical (unpaired) electrons. The van der Waals surface area contributed by atoms with E-state index >= 15 is 0 Å². The molecule has 0 amide bonds. The van der Waals surface area contributed by atoms with Crippen molar-refractivity contribution < 1.29 is 9.90 Å². The summed E-state index contributed by atoms with van der Waals surface area (Å²) in [5.41, 5.74) is -0.101. The molecule has 0 saturated heterocycles. The number of carboxylic acids is 1. The summed E-state index contributed by atoms with van der Waals surface area (Å²) in [7, 11) is 0. The maximum atomic E-state index is 10.9. The van der Waals surface area contributed by atoms with Gasteiger partial charge in [-0.15, -0.1) is 11.3 Å². The number of rotatable bonds is 4. The van der Waals surface area contributed by atoms with Crippen LogP contribution in [-0.4, -0.2) is 16.1 Å². The Kier molecular flexibility index (Phi) is 3.02. The Morgan fingerprint density at radius 1 is 1.62 bits per heavy atom. The Hall–Kier alpha value is -0.900. The van der Waals surface area contributed by atoms with E-state index in [0.717, 1.165) is 24.3 Å². The maximum absolute atomic E-state index is 10.9. The number of hydrogen-bond donors (Lipinski definition) is 1. The van der Waals surface area contributed by atoms with Gasteiger partial charge < -0.3 is 5.11 Å². The number of carbonyl (C=O) groups is 1. The molecule has 1 saturated carbocycles. The molecular weight excluding hydrogens is 222 g/mol. The van der Waals surface area contributed by atoms with Crippen molar-refractivity contribution >= 4 is 17.3 Å². The second-order valence-corrected chi connectivity index (χ2v) is 5.98. The lowest BCUT2D eigenvalue weighted by molar-refractivity contribution is -0.139. The van der Waals surface area contributed by atoms with Gasteiger partial charge in [0.05, 0.1) is 11.4 Å². The predicted octanol–water partition coefficient (Wildman–Crippen LogP) is 3.16. The van der Waals surface area contributed by atoms with E-state index < -0.39 is 5.97 Å². The third-order valence-electron chi connectivity index (χ3n) is 3.34. The summed E-state index contributed by atoms with van der Waals surface area (Å²) in [4.78, 5) is 16.5. The molecule has 3 nitrogen and oxygen atoms in total. The molecule has 0 aromatic carbocycles. The highest BCUT2D eigenvalue weighted by Crippen LogP contribution is 2.48. The van der Waals surface area contributed by atoms with Crippen LogP contribution in [-0.2, 0) is 10.2 Å². The monoisotopic (exact) mass is 239 g/mol. The third kappa shape index (κ3) is 1.98. The van der Waals surface area contributed by atoms with Crippen molar-refractivity contribution in [1.29, 1.82) is 0 Å². The molecule has 0 unspecified atom stereocenters. The highest BCUT2D eigenvalue weighted by molar-refractivity contribution is 7.11. The van der Waals surface area contributed by atoms with Crippen LogP contribution in [0.25, 0.3) is 0 Å². The molecule has 1 fully saturated rings. The van der Waals surface area contributed by atoms with Crippen LogP contribution in [0.15, 0.2) is 6.20 Å². The SMILES string of the molecule is CC(C)c1ncc(C2(CC(=O)O)CCC2)s1. The summed E-state index contributed by atoms with van der Waals surface area (Å²) in [5.74, 6) is -0.264. The summed E-state index contributed by atoms with van der Waals surface area (Å²) in [5, 5.41) is 10.1. The summed E-state index contributed by atoms with van der Waals surface area (Å²) in [6.45, 7) is 4.24. The Bertz CT molecular complexity index is 393. The van der Waals surface area contributed by atoms with Crippen molar-refractivity contribution in [3.63, 3.8) is 0 Å². The summed E-state index contributed by atoms with van der Waals surface area (Å²) in [6, 6.07) is 0. The van der Waals surface area contributed by atoms with Crippen molar-refractivity contribution in [2.24, 2.45) is 0 Å². The lowest BCUT2D eigenvalue weighted by Crippen LogP contribution is -2.35. The van der Waals surface area contributed by atoms with E-state index in [1.54, 1.807) is 11.3 Å². The average molecular weight is 239 g/mol. The lowest BCUT2D eigenvalue weighted by Gasteiger charge is -2.39. The maximum Gasteiger partial charge on any atom is 0.304 e. The largest absolute Gasteiger partial charge is 0.481 e. The van der Waals surface area contributed by atoms with E-state index in [1.165, 1.54) is 4.88 Å². The van der Waals surface area contributed by atoms with Crippen LogP contribution in [0.5, 0.6) is 0 Å². The summed E-state index contributed by atoms with van der Waals surface area (Å²) in [6.07, 6.45) is 5.29. The van der Waals surface area contributed by atoms with E-state index in [4.69, 9.17) is 5.11 Å². The van der Waals surface area contributed by atoms with Gasteiger partial charge in [0.1, 0.15) is 0 Å². The second kappa shape index (κ2) is 4.17. The van der Waals surface area contributed by atoms with Crippen molar-refractivity contribution in [3.8, 4) is 0 Å². The molecule has 16 heavy (non-hydrogen) atoms. The van der Waals surface area contributed by atoms with Crippen molar-refractivity contribution in [2.45, 2.75) is 50.9 Å². The quantitative estimate of drug-likeness (QED) is 0.878. The van der Waals surface area contributed by atoms with Crippen LogP contribution in [0.2, 0.25) is 0 Å². The summed E-state index contributed by atoms with van der Waals surface area (Å²) >= 11 is 1.69. The van der Waals surface area contributed by atoms with Gasteiger partial charge in [-0.2, -0.15) is 0 Å². The van der Waals surface area contributed by atoms with Gasteiger partial charge in [0.25, 0.3) is 0 Å².